The van der Waals surface area contributed by atoms with Gasteiger partial charge in [0.05, 0.1) is 0 Å². The lowest BCUT2D eigenvalue weighted by Gasteiger charge is -2.36. The molecule has 19 heavy (non-hydrogen) atoms. The summed E-state index contributed by atoms with van der Waals surface area (Å²) in [7, 11) is 0. The molecule has 0 bridgehead atoms. The fraction of sp³-hybridized carbons (Fsp3) is 0.429. The summed E-state index contributed by atoms with van der Waals surface area (Å²) in [5, 5.41) is 5.88. The van der Waals surface area contributed by atoms with E-state index >= 15 is 0 Å². The molecular weight excluding hydrogens is 283 g/mol. The normalized spacial score (nSPS) is 24.1. The first kappa shape index (κ1) is 13.3. The van der Waals surface area contributed by atoms with Gasteiger partial charge in [0, 0.05) is 22.8 Å². The molecule has 5 heteroatoms. The van der Waals surface area contributed by atoms with Gasteiger partial charge in [0.15, 0.2) is 0 Å². The molecule has 1 unspecified atom stereocenters. The molecule has 1 atom stereocenters. The highest BCUT2D eigenvalue weighted by atomic mass is 35.5. The van der Waals surface area contributed by atoms with Crippen LogP contribution in [0.3, 0.4) is 0 Å². The van der Waals surface area contributed by atoms with Crippen molar-refractivity contribution in [3.63, 3.8) is 0 Å². The van der Waals surface area contributed by atoms with Crippen molar-refractivity contribution >= 4 is 23.4 Å². The van der Waals surface area contributed by atoms with Crippen molar-refractivity contribution in [1.29, 1.82) is 0 Å². The smallest absolute Gasteiger partial charge is 0.130 e. The molecule has 2 heterocycles. The van der Waals surface area contributed by atoms with Crippen LogP contribution in [0.25, 0.3) is 0 Å². The van der Waals surface area contributed by atoms with Crippen molar-refractivity contribution in [2.45, 2.75) is 24.3 Å². The number of thioether (sulfide) groups is 1. The zero-order chi connectivity index (χ0) is 13.2. The van der Waals surface area contributed by atoms with Gasteiger partial charge in [-0.2, -0.15) is 0 Å². The number of piperidine rings is 1. The van der Waals surface area contributed by atoms with Crippen molar-refractivity contribution in [2.24, 2.45) is 0 Å². The minimum absolute atomic E-state index is 0.0307. The second-order valence-corrected chi connectivity index (χ2v) is 6.24. The summed E-state index contributed by atoms with van der Waals surface area (Å²) in [4.78, 5) is 2.26. The summed E-state index contributed by atoms with van der Waals surface area (Å²) in [6.07, 6.45) is 4.26. The van der Waals surface area contributed by atoms with Crippen LogP contribution in [0.5, 0.6) is 0 Å². The number of nitrogens with one attached hydrogen (secondary N) is 1. The fourth-order valence-corrected chi connectivity index (χ4v) is 4.16. The van der Waals surface area contributed by atoms with Crippen LogP contribution in [0.1, 0.15) is 23.8 Å². The Balaban J connectivity index is 1.87. The van der Waals surface area contributed by atoms with Crippen LogP contribution < -0.4 is 5.32 Å². The molecule has 0 aliphatic carbocycles. The average molecular weight is 299 g/mol. The van der Waals surface area contributed by atoms with Gasteiger partial charge in [-0.3, -0.25) is 0 Å². The zero-order valence-electron chi connectivity index (χ0n) is 10.5. The number of nitrogens with zero attached hydrogens (tertiary/aromatic N) is 1. The van der Waals surface area contributed by atoms with Gasteiger partial charge in [-0.15, -0.1) is 11.8 Å². The molecule has 0 aromatic heterocycles. The van der Waals surface area contributed by atoms with E-state index in [9.17, 15) is 4.39 Å². The molecule has 1 fully saturated rings. The monoisotopic (exact) mass is 298 g/mol. The lowest BCUT2D eigenvalue weighted by atomic mass is 10.0. The number of hydrogen-bond donors (Lipinski definition) is 1. The Morgan fingerprint density at radius 3 is 2.84 bits per heavy atom. The summed E-state index contributed by atoms with van der Waals surface area (Å²) in [6, 6.07) is 5.37. The van der Waals surface area contributed by atoms with Crippen molar-refractivity contribution < 1.29 is 4.39 Å². The Morgan fingerprint density at radius 2 is 2.11 bits per heavy atom. The van der Waals surface area contributed by atoms with Crippen LogP contribution in [0.2, 0.25) is 5.02 Å². The van der Waals surface area contributed by atoms with E-state index in [1.165, 1.54) is 6.07 Å². The molecule has 0 saturated carbocycles. The van der Waals surface area contributed by atoms with Gasteiger partial charge in [0.1, 0.15) is 11.2 Å². The largest absolute Gasteiger partial charge is 0.358 e. The van der Waals surface area contributed by atoms with Crippen LogP contribution in [-0.4, -0.2) is 24.0 Å². The first-order chi connectivity index (χ1) is 9.27. The molecule has 2 nitrogen and oxygen atoms in total. The van der Waals surface area contributed by atoms with Crippen LogP contribution in [-0.2, 0) is 0 Å². The number of hydrogen-bond acceptors (Lipinski definition) is 3. The minimum atomic E-state index is -0.215. The van der Waals surface area contributed by atoms with Crippen molar-refractivity contribution in [2.75, 3.05) is 13.1 Å². The lowest BCUT2D eigenvalue weighted by molar-refractivity contribution is 0.216. The molecule has 2 aliphatic heterocycles. The number of halogens is 2. The third-order valence-electron chi connectivity index (χ3n) is 3.69. The highest BCUT2D eigenvalue weighted by Crippen LogP contribution is 2.44. The summed E-state index contributed by atoms with van der Waals surface area (Å²) in [6.45, 7) is 2.05. The summed E-state index contributed by atoms with van der Waals surface area (Å²) in [5.74, 6) is -0.215. The van der Waals surface area contributed by atoms with Crippen molar-refractivity contribution in [3.8, 4) is 0 Å². The van der Waals surface area contributed by atoms with Crippen molar-refractivity contribution in [1.82, 2.24) is 10.2 Å². The van der Waals surface area contributed by atoms with E-state index in [1.54, 1.807) is 23.9 Å². The van der Waals surface area contributed by atoms with Gasteiger partial charge >= 0.3 is 0 Å². The molecule has 1 aromatic carbocycles. The quantitative estimate of drug-likeness (QED) is 0.895. The van der Waals surface area contributed by atoms with Gasteiger partial charge in [0.2, 0.25) is 0 Å². The summed E-state index contributed by atoms with van der Waals surface area (Å²) >= 11 is 7.82. The standard InChI is InChI=1S/C14H16ClFN2S/c15-11-2-1-3-12(16)13(11)14-18(8-9-19-14)10-4-6-17-7-5-10/h1-3,8-10,14,17H,4-7H2. The molecule has 1 aromatic rings. The number of rotatable bonds is 2. The third-order valence-corrected chi connectivity index (χ3v) is 5.03. The molecule has 102 valence electrons. The first-order valence-electron chi connectivity index (χ1n) is 6.51. The number of benzene rings is 1. The van der Waals surface area contributed by atoms with Gasteiger partial charge in [0.25, 0.3) is 0 Å². The maximum Gasteiger partial charge on any atom is 0.130 e. The fourth-order valence-electron chi connectivity index (χ4n) is 2.71. The molecule has 2 aliphatic rings. The minimum Gasteiger partial charge on any atom is -0.358 e. The van der Waals surface area contributed by atoms with Crippen LogP contribution in [0.15, 0.2) is 29.8 Å². The Morgan fingerprint density at radius 1 is 1.32 bits per heavy atom. The van der Waals surface area contributed by atoms with E-state index in [2.05, 4.69) is 16.4 Å². The van der Waals surface area contributed by atoms with Gasteiger partial charge in [-0.25, -0.2) is 4.39 Å². The van der Waals surface area contributed by atoms with Gasteiger partial charge < -0.3 is 10.2 Å². The highest BCUT2D eigenvalue weighted by molar-refractivity contribution is 8.02. The van der Waals surface area contributed by atoms with E-state index < -0.39 is 0 Å². The molecule has 3 rings (SSSR count). The Kier molecular flexibility index (Phi) is 4.01. The molecule has 1 N–H and O–H groups in total. The van der Waals surface area contributed by atoms with Crippen LogP contribution in [0, 0.1) is 5.82 Å². The zero-order valence-corrected chi connectivity index (χ0v) is 12.1. The summed E-state index contributed by atoms with van der Waals surface area (Å²) < 4.78 is 14.1. The molecular formula is C14H16ClFN2S. The lowest BCUT2D eigenvalue weighted by Crippen LogP contribution is -2.40. The highest BCUT2D eigenvalue weighted by Gasteiger charge is 2.32. The van der Waals surface area contributed by atoms with E-state index in [0.29, 0.717) is 16.6 Å². The van der Waals surface area contributed by atoms with Crippen LogP contribution in [0.4, 0.5) is 4.39 Å². The Hall–Kier alpha value is -0.710. The van der Waals surface area contributed by atoms with Crippen LogP contribution >= 0.6 is 23.4 Å². The SMILES string of the molecule is Fc1cccc(Cl)c1C1SC=CN1C1CCNCC1. The molecule has 0 radical (unpaired) electrons. The van der Waals surface area contributed by atoms with E-state index in [0.717, 1.165) is 25.9 Å². The average Bonchev–Trinajstić information content (AvgIpc) is 2.89. The predicted octanol–water partition coefficient (Wildman–Crippen LogP) is 3.75. The molecule has 0 spiro atoms. The topological polar surface area (TPSA) is 15.3 Å². The summed E-state index contributed by atoms with van der Waals surface area (Å²) in [5.41, 5.74) is 0.609. The maximum absolute atomic E-state index is 14.1. The van der Waals surface area contributed by atoms with Crippen molar-refractivity contribution in [3.05, 3.63) is 46.2 Å². The van der Waals surface area contributed by atoms with E-state index in [4.69, 9.17) is 11.6 Å². The Bertz CT molecular complexity index is 468. The first-order valence-corrected chi connectivity index (χ1v) is 7.83. The third kappa shape index (κ3) is 2.62. The molecule has 0 amide bonds. The second kappa shape index (κ2) is 5.73. The maximum atomic E-state index is 14.1. The van der Waals surface area contributed by atoms with Gasteiger partial charge in [-0.1, -0.05) is 17.7 Å². The van der Waals surface area contributed by atoms with E-state index in [1.807, 2.05) is 5.41 Å². The Labute approximate surface area is 122 Å². The molecule has 1 saturated heterocycles. The van der Waals surface area contributed by atoms with Gasteiger partial charge in [-0.05, 0) is 43.5 Å². The second-order valence-electron chi connectivity index (χ2n) is 4.84. The van der Waals surface area contributed by atoms with E-state index in [-0.39, 0.29) is 11.2 Å². The predicted molar refractivity (Wildman–Crippen MR) is 78.6 cm³/mol.